The molecule has 144 valence electrons. The van der Waals surface area contributed by atoms with Gasteiger partial charge in [0.05, 0.1) is 32.0 Å². The summed E-state index contributed by atoms with van der Waals surface area (Å²) in [5.41, 5.74) is 1.38. The first kappa shape index (κ1) is 19.6. The lowest BCUT2D eigenvalue weighted by Crippen LogP contribution is -2.09. The van der Waals surface area contributed by atoms with Crippen molar-refractivity contribution in [1.29, 1.82) is 0 Å². The van der Waals surface area contributed by atoms with Gasteiger partial charge in [-0.2, -0.15) is 0 Å². The smallest absolute Gasteiger partial charge is 0.248 e. The van der Waals surface area contributed by atoms with Crippen LogP contribution in [-0.2, 0) is 4.79 Å². The molecule has 0 atom stereocenters. The number of anilines is 1. The van der Waals surface area contributed by atoms with Gasteiger partial charge >= 0.3 is 0 Å². The number of hydrogen-bond acceptors (Lipinski definition) is 4. The minimum Gasteiger partial charge on any atom is -0.497 e. The van der Waals surface area contributed by atoms with Gasteiger partial charge in [0.1, 0.15) is 17.2 Å². The van der Waals surface area contributed by atoms with Crippen molar-refractivity contribution in [2.75, 3.05) is 26.6 Å². The number of ether oxygens (including phenoxy) is 3. The van der Waals surface area contributed by atoms with Gasteiger partial charge in [-0.1, -0.05) is 29.8 Å². The fourth-order valence-corrected chi connectivity index (χ4v) is 3.02. The Labute approximate surface area is 168 Å². The summed E-state index contributed by atoms with van der Waals surface area (Å²) in [7, 11) is 4.67. The van der Waals surface area contributed by atoms with E-state index in [4.69, 9.17) is 25.8 Å². The molecule has 1 amide bonds. The highest BCUT2D eigenvalue weighted by Crippen LogP contribution is 2.35. The maximum Gasteiger partial charge on any atom is 0.248 e. The van der Waals surface area contributed by atoms with Crippen LogP contribution in [0.5, 0.6) is 17.2 Å². The third-order valence-corrected chi connectivity index (χ3v) is 4.53. The molecule has 0 aliphatic heterocycles. The summed E-state index contributed by atoms with van der Waals surface area (Å²) in [6.45, 7) is 0. The Hall–Kier alpha value is -3.18. The first-order valence-corrected chi connectivity index (χ1v) is 8.90. The molecule has 0 saturated carbocycles. The van der Waals surface area contributed by atoms with Crippen LogP contribution in [0.1, 0.15) is 5.56 Å². The van der Waals surface area contributed by atoms with E-state index in [0.717, 1.165) is 22.1 Å². The summed E-state index contributed by atoms with van der Waals surface area (Å²) in [6, 6.07) is 15.0. The molecule has 0 saturated heterocycles. The Balaban J connectivity index is 1.77. The van der Waals surface area contributed by atoms with Gasteiger partial charge < -0.3 is 19.5 Å². The third-order valence-electron chi connectivity index (χ3n) is 4.23. The van der Waals surface area contributed by atoms with E-state index < -0.39 is 0 Å². The Morgan fingerprint density at radius 2 is 1.61 bits per heavy atom. The van der Waals surface area contributed by atoms with E-state index in [0.29, 0.717) is 22.2 Å². The molecular weight excluding hydrogens is 378 g/mol. The Kier molecular flexibility index (Phi) is 6.06. The second kappa shape index (κ2) is 8.67. The van der Waals surface area contributed by atoms with Gasteiger partial charge in [-0.15, -0.1) is 0 Å². The van der Waals surface area contributed by atoms with Crippen molar-refractivity contribution in [3.8, 4) is 17.2 Å². The molecule has 0 radical (unpaired) electrons. The lowest BCUT2D eigenvalue weighted by atomic mass is 10.1. The molecule has 0 aromatic heterocycles. The standard InChI is InChI=1S/C22H20ClNO4/c1-26-17-8-7-15-10-14(4-6-16(15)11-17)5-9-22(25)24-19-12-18(23)20(27-2)13-21(19)28-3/h4-13H,1-3H3,(H,24,25)/b9-5+. The average molecular weight is 398 g/mol. The second-order valence-corrected chi connectivity index (χ2v) is 6.39. The van der Waals surface area contributed by atoms with Crippen molar-refractivity contribution in [2.45, 2.75) is 0 Å². The molecule has 0 spiro atoms. The van der Waals surface area contributed by atoms with Gasteiger partial charge in [-0.05, 0) is 46.7 Å². The minimum absolute atomic E-state index is 0.297. The molecule has 0 aliphatic carbocycles. The van der Waals surface area contributed by atoms with Crippen LogP contribution in [0.3, 0.4) is 0 Å². The summed E-state index contributed by atoms with van der Waals surface area (Å²) in [6.07, 6.45) is 3.21. The number of methoxy groups -OCH3 is 3. The van der Waals surface area contributed by atoms with Crippen LogP contribution in [0, 0.1) is 0 Å². The zero-order chi connectivity index (χ0) is 20.1. The average Bonchev–Trinajstić information content (AvgIpc) is 2.72. The molecule has 5 nitrogen and oxygen atoms in total. The molecule has 0 unspecified atom stereocenters. The number of rotatable bonds is 6. The summed E-state index contributed by atoms with van der Waals surface area (Å²) in [4.78, 5) is 12.3. The summed E-state index contributed by atoms with van der Waals surface area (Å²) in [5.74, 6) is 1.44. The topological polar surface area (TPSA) is 56.8 Å². The highest BCUT2D eigenvalue weighted by atomic mass is 35.5. The normalized spacial score (nSPS) is 10.9. The summed E-state index contributed by atoms with van der Waals surface area (Å²) < 4.78 is 15.7. The van der Waals surface area contributed by atoms with Crippen molar-refractivity contribution in [3.05, 3.63) is 65.2 Å². The van der Waals surface area contributed by atoms with Crippen LogP contribution in [-0.4, -0.2) is 27.2 Å². The number of nitrogens with one attached hydrogen (secondary N) is 1. The molecule has 0 fully saturated rings. The SMILES string of the molecule is COc1ccc2cc(/C=C/C(=O)Nc3cc(Cl)c(OC)cc3OC)ccc2c1. The molecule has 6 heteroatoms. The fraction of sp³-hybridized carbons (Fsp3) is 0.136. The fourth-order valence-electron chi connectivity index (χ4n) is 2.78. The van der Waals surface area contributed by atoms with Crippen LogP contribution in [0.2, 0.25) is 5.02 Å². The Morgan fingerprint density at radius 1 is 0.893 bits per heavy atom. The number of benzene rings is 3. The van der Waals surface area contributed by atoms with E-state index in [-0.39, 0.29) is 5.91 Å². The van der Waals surface area contributed by atoms with Crippen LogP contribution in [0.25, 0.3) is 16.8 Å². The third kappa shape index (κ3) is 4.38. The van der Waals surface area contributed by atoms with E-state index in [2.05, 4.69) is 5.32 Å². The predicted octanol–water partition coefficient (Wildman–Crippen LogP) is 5.17. The number of amides is 1. The van der Waals surface area contributed by atoms with Crippen molar-refractivity contribution in [1.82, 2.24) is 0 Å². The van der Waals surface area contributed by atoms with Gasteiger partial charge in [0.15, 0.2) is 0 Å². The van der Waals surface area contributed by atoms with Gasteiger partial charge in [0, 0.05) is 12.1 Å². The maximum atomic E-state index is 12.3. The molecule has 0 bridgehead atoms. The minimum atomic E-state index is -0.297. The maximum absolute atomic E-state index is 12.3. The number of fused-ring (bicyclic) bond motifs is 1. The van der Waals surface area contributed by atoms with Gasteiger partial charge in [0.2, 0.25) is 5.91 Å². The lowest BCUT2D eigenvalue weighted by Gasteiger charge is -2.12. The molecular formula is C22H20ClNO4. The molecule has 28 heavy (non-hydrogen) atoms. The van der Waals surface area contributed by atoms with Crippen LogP contribution in [0.4, 0.5) is 5.69 Å². The molecule has 3 aromatic carbocycles. The Bertz CT molecular complexity index is 1050. The quantitative estimate of drug-likeness (QED) is 0.583. The van der Waals surface area contributed by atoms with Gasteiger partial charge in [0.25, 0.3) is 0 Å². The van der Waals surface area contributed by atoms with E-state index in [9.17, 15) is 4.79 Å². The summed E-state index contributed by atoms with van der Waals surface area (Å²) >= 11 is 6.13. The molecule has 3 rings (SSSR count). The molecule has 1 N–H and O–H groups in total. The highest BCUT2D eigenvalue weighted by molar-refractivity contribution is 6.32. The van der Waals surface area contributed by atoms with E-state index in [1.54, 1.807) is 25.3 Å². The molecule has 3 aromatic rings. The largest absolute Gasteiger partial charge is 0.497 e. The van der Waals surface area contributed by atoms with Crippen molar-refractivity contribution in [2.24, 2.45) is 0 Å². The zero-order valence-electron chi connectivity index (χ0n) is 15.8. The molecule has 0 aliphatic rings. The number of carbonyl (C=O) groups excluding carboxylic acids is 1. The monoisotopic (exact) mass is 397 g/mol. The van der Waals surface area contributed by atoms with Crippen molar-refractivity contribution in [3.63, 3.8) is 0 Å². The highest BCUT2D eigenvalue weighted by Gasteiger charge is 2.11. The van der Waals surface area contributed by atoms with Crippen molar-refractivity contribution >= 4 is 40.0 Å². The number of halogens is 1. The lowest BCUT2D eigenvalue weighted by molar-refractivity contribution is -0.111. The predicted molar refractivity (Wildman–Crippen MR) is 113 cm³/mol. The number of carbonyl (C=O) groups is 1. The molecule has 0 heterocycles. The first-order chi connectivity index (χ1) is 13.5. The van der Waals surface area contributed by atoms with Crippen LogP contribution in [0.15, 0.2) is 54.6 Å². The second-order valence-electron chi connectivity index (χ2n) is 5.98. The van der Waals surface area contributed by atoms with Crippen LogP contribution < -0.4 is 19.5 Å². The first-order valence-electron chi connectivity index (χ1n) is 8.52. The van der Waals surface area contributed by atoms with Gasteiger partial charge in [-0.3, -0.25) is 4.79 Å². The van der Waals surface area contributed by atoms with Gasteiger partial charge in [-0.25, -0.2) is 0 Å². The van der Waals surface area contributed by atoms with Crippen LogP contribution >= 0.6 is 11.6 Å². The zero-order valence-corrected chi connectivity index (χ0v) is 16.5. The van der Waals surface area contributed by atoms with Crippen molar-refractivity contribution < 1.29 is 19.0 Å². The number of hydrogen-bond donors (Lipinski definition) is 1. The summed E-state index contributed by atoms with van der Waals surface area (Å²) in [5, 5.41) is 5.28. The van der Waals surface area contributed by atoms with E-state index in [1.165, 1.54) is 20.3 Å². The van der Waals surface area contributed by atoms with E-state index >= 15 is 0 Å². The Morgan fingerprint density at radius 3 is 2.32 bits per heavy atom. The van der Waals surface area contributed by atoms with E-state index in [1.807, 2.05) is 36.4 Å².